The molecule has 0 aromatic heterocycles. The quantitative estimate of drug-likeness (QED) is 0.0633. The maximum atomic E-state index is 15.1. The number of likely N-dealkylation sites (tertiary alicyclic amines) is 1. The lowest BCUT2D eigenvalue weighted by Crippen LogP contribution is -2.51. The van der Waals surface area contributed by atoms with E-state index in [9.17, 15) is 4.79 Å². The smallest absolute Gasteiger partial charge is 0.329 e. The first-order valence-corrected chi connectivity index (χ1v) is 19.9. The zero-order valence-corrected chi connectivity index (χ0v) is 33.6. The third-order valence-corrected chi connectivity index (χ3v) is 10.9. The van der Waals surface area contributed by atoms with Crippen molar-refractivity contribution < 1.29 is 42.7 Å². The minimum absolute atomic E-state index is 0.0653. The Morgan fingerprint density at radius 2 is 1.52 bits per heavy atom. The van der Waals surface area contributed by atoms with Crippen LogP contribution in [-0.2, 0) is 20.7 Å². The van der Waals surface area contributed by atoms with Crippen molar-refractivity contribution in [2.45, 2.75) is 88.7 Å². The van der Waals surface area contributed by atoms with Crippen LogP contribution in [0.15, 0.2) is 79.9 Å². The number of amides is 1. The summed E-state index contributed by atoms with van der Waals surface area (Å²) in [7, 11) is 6.39. The SMILES string of the molecule is C=CCCOc1cc([C@@H](C(=O)N2CCCC[C@@H]2C(=O)O[C@@H](CCc2ccc(OC)c(OC)c2)c2cccc(OCC=C)c2)C2CCCCC2)cc(OC)c1OC. The third kappa shape index (κ3) is 10.6. The van der Waals surface area contributed by atoms with E-state index in [2.05, 4.69) is 13.2 Å². The molecule has 10 nitrogen and oxygen atoms in total. The minimum Gasteiger partial charge on any atom is -0.493 e. The molecule has 2 aliphatic rings. The number of esters is 1. The average molecular weight is 770 g/mol. The van der Waals surface area contributed by atoms with Gasteiger partial charge in [0.2, 0.25) is 11.7 Å². The predicted molar refractivity (Wildman–Crippen MR) is 217 cm³/mol. The lowest BCUT2D eigenvalue weighted by Gasteiger charge is -2.40. The van der Waals surface area contributed by atoms with Gasteiger partial charge in [-0.05, 0) is 110 Å². The molecule has 1 heterocycles. The zero-order valence-electron chi connectivity index (χ0n) is 33.6. The molecule has 1 saturated heterocycles. The van der Waals surface area contributed by atoms with Crippen molar-refractivity contribution >= 4 is 11.9 Å². The molecule has 2 fully saturated rings. The normalized spacial score (nSPS) is 16.9. The van der Waals surface area contributed by atoms with Gasteiger partial charge in [0, 0.05) is 6.54 Å². The predicted octanol–water partition coefficient (Wildman–Crippen LogP) is 9.20. The van der Waals surface area contributed by atoms with Crippen LogP contribution in [-0.4, -0.2) is 71.0 Å². The van der Waals surface area contributed by atoms with E-state index in [1.54, 1.807) is 45.5 Å². The van der Waals surface area contributed by atoms with Crippen molar-refractivity contribution in [1.82, 2.24) is 4.90 Å². The number of ether oxygens (including phenoxy) is 7. The Morgan fingerprint density at radius 3 is 2.23 bits per heavy atom. The number of hydrogen-bond donors (Lipinski definition) is 0. The summed E-state index contributed by atoms with van der Waals surface area (Å²) in [6, 6.07) is 16.5. The molecule has 1 amide bonds. The van der Waals surface area contributed by atoms with Crippen molar-refractivity contribution in [2.24, 2.45) is 5.92 Å². The number of carbonyl (C=O) groups excluding carboxylic acids is 2. The van der Waals surface area contributed by atoms with E-state index < -0.39 is 24.0 Å². The van der Waals surface area contributed by atoms with Gasteiger partial charge >= 0.3 is 5.97 Å². The standard InChI is InChI=1S/C46H59NO9/c1-7-9-27-55-42-31-35(30-41(52-5)44(42)53-6)43(33-16-11-10-12-17-33)45(48)47-25-14-13-20-37(47)46(49)56-38(34-18-15-19-36(29-34)54-26-8-2)23-21-32-22-24-39(50-3)40(28-32)51-4/h7-8,15,18-19,22,24,28-31,33,37-38,43H,1-2,9-14,16-17,20-21,23,25-27H2,3-6H3/t37-,38+,43+/m1/s1. The van der Waals surface area contributed by atoms with E-state index in [0.29, 0.717) is 79.9 Å². The number of carbonyl (C=O) groups is 2. The minimum atomic E-state index is -0.727. The molecular formula is C46H59NO9. The van der Waals surface area contributed by atoms with Gasteiger partial charge < -0.3 is 38.1 Å². The van der Waals surface area contributed by atoms with Gasteiger partial charge in [0.05, 0.1) is 41.0 Å². The second-order valence-electron chi connectivity index (χ2n) is 14.4. The molecule has 56 heavy (non-hydrogen) atoms. The van der Waals surface area contributed by atoms with Crippen LogP contribution >= 0.6 is 0 Å². The molecule has 0 N–H and O–H groups in total. The summed E-state index contributed by atoms with van der Waals surface area (Å²) in [6.45, 7) is 8.81. The first-order chi connectivity index (χ1) is 27.3. The summed E-state index contributed by atoms with van der Waals surface area (Å²) in [6.07, 6.45) is 11.9. The first-order valence-electron chi connectivity index (χ1n) is 19.9. The highest BCUT2D eigenvalue weighted by atomic mass is 16.5. The summed E-state index contributed by atoms with van der Waals surface area (Å²) in [5.74, 6) is 2.56. The Hall–Kier alpha value is -5.12. The molecule has 0 unspecified atom stereocenters. The van der Waals surface area contributed by atoms with Crippen molar-refractivity contribution in [3.8, 4) is 34.5 Å². The van der Waals surface area contributed by atoms with Crippen LogP contribution in [0.3, 0.4) is 0 Å². The lowest BCUT2D eigenvalue weighted by atomic mass is 9.75. The summed E-state index contributed by atoms with van der Waals surface area (Å²) in [5.41, 5.74) is 2.62. The summed E-state index contributed by atoms with van der Waals surface area (Å²) >= 11 is 0. The molecular weight excluding hydrogens is 711 g/mol. The Balaban J connectivity index is 1.46. The summed E-state index contributed by atoms with van der Waals surface area (Å²) in [4.78, 5) is 31.4. The van der Waals surface area contributed by atoms with Crippen LogP contribution < -0.4 is 28.4 Å². The molecule has 5 rings (SSSR count). The number of benzene rings is 3. The van der Waals surface area contributed by atoms with Gasteiger partial charge in [-0.15, -0.1) is 6.58 Å². The first kappa shape index (κ1) is 42.0. The van der Waals surface area contributed by atoms with Crippen molar-refractivity contribution in [1.29, 1.82) is 0 Å². The molecule has 10 heteroatoms. The van der Waals surface area contributed by atoms with Gasteiger partial charge in [0.1, 0.15) is 24.5 Å². The average Bonchev–Trinajstić information content (AvgIpc) is 3.24. The Morgan fingerprint density at radius 1 is 0.768 bits per heavy atom. The van der Waals surface area contributed by atoms with E-state index in [0.717, 1.165) is 61.6 Å². The topological polar surface area (TPSA) is 102 Å². The van der Waals surface area contributed by atoms with Gasteiger partial charge in [-0.1, -0.05) is 56.2 Å². The maximum absolute atomic E-state index is 15.1. The second-order valence-corrected chi connectivity index (χ2v) is 14.4. The van der Waals surface area contributed by atoms with Gasteiger partial charge in [0.15, 0.2) is 23.0 Å². The van der Waals surface area contributed by atoms with E-state index in [1.807, 2.05) is 54.6 Å². The van der Waals surface area contributed by atoms with Crippen LogP contribution in [0, 0.1) is 5.92 Å². The van der Waals surface area contributed by atoms with Crippen LogP contribution in [0.4, 0.5) is 0 Å². The third-order valence-electron chi connectivity index (χ3n) is 10.9. The molecule has 0 radical (unpaired) electrons. The van der Waals surface area contributed by atoms with E-state index >= 15 is 4.79 Å². The zero-order chi connectivity index (χ0) is 39.9. The molecule has 3 atom stereocenters. The molecule has 1 aliphatic carbocycles. The number of rotatable bonds is 20. The molecule has 0 bridgehead atoms. The summed E-state index contributed by atoms with van der Waals surface area (Å²) < 4.78 is 41.0. The highest BCUT2D eigenvalue weighted by Gasteiger charge is 2.41. The molecule has 1 aliphatic heterocycles. The fraction of sp³-hybridized carbons (Fsp3) is 0.478. The van der Waals surface area contributed by atoms with E-state index in [-0.39, 0.29) is 11.8 Å². The van der Waals surface area contributed by atoms with Crippen molar-refractivity contribution in [3.05, 3.63) is 96.6 Å². The monoisotopic (exact) mass is 769 g/mol. The van der Waals surface area contributed by atoms with Crippen LogP contribution in [0.2, 0.25) is 0 Å². The van der Waals surface area contributed by atoms with Gasteiger partial charge in [-0.2, -0.15) is 0 Å². The van der Waals surface area contributed by atoms with Gasteiger partial charge in [0.25, 0.3) is 0 Å². The number of methoxy groups -OCH3 is 4. The lowest BCUT2D eigenvalue weighted by molar-refractivity contribution is -0.163. The van der Waals surface area contributed by atoms with Crippen LogP contribution in [0.5, 0.6) is 34.5 Å². The largest absolute Gasteiger partial charge is 0.493 e. The van der Waals surface area contributed by atoms with Gasteiger partial charge in [-0.3, -0.25) is 4.79 Å². The molecule has 3 aromatic rings. The summed E-state index contributed by atoms with van der Waals surface area (Å²) in [5, 5.41) is 0. The fourth-order valence-corrected chi connectivity index (χ4v) is 8.00. The number of piperidine rings is 1. The molecule has 1 saturated carbocycles. The van der Waals surface area contributed by atoms with Gasteiger partial charge in [-0.25, -0.2) is 4.79 Å². The van der Waals surface area contributed by atoms with Crippen LogP contribution in [0.1, 0.15) is 92.9 Å². The molecule has 3 aromatic carbocycles. The highest BCUT2D eigenvalue weighted by Crippen LogP contribution is 2.45. The molecule has 302 valence electrons. The van der Waals surface area contributed by atoms with E-state index in [4.69, 9.17) is 33.2 Å². The molecule has 0 spiro atoms. The number of nitrogens with zero attached hydrogens (tertiary/aromatic N) is 1. The maximum Gasteiger partial charge on any atom is 0.329 e. The van der Waals surface area contributed by atoms with Crippen molar-refractivity contribution in [2.75, 3.05) is 48.2 Å². The number of hydrogen-bond acceptors (Lipinski definition) is 9. The Kier molecular flexibility index (Phi) is 16.0. The van der Waals surface area contributed by atoms with Crippen molar-refractivity contribution in [3.63, 3.8) is 0 Å². The second kappa shape index (κ2) is 21.3. The van der Waals surface area contributed by atoms with Crippen LogP contribution in [0.25, 0.3) is 0 Å². The number of aryl methyl sites for hydroxylation is 1. The van der Waals surface area contributed by atoms with E-state index in [1.165, 1.54) is 0 Å². The fourth-order valence-electron chi connectivity index (χ4n) is 8.00. The highest BCUT2D eigenvalue weighted by molar-refractivity contribution is 5.89. The Labute approximate surface area is 332 Å². The Bertz CT molecular complexity index is 1770.